The molecule has 2 saturated heterocycles. The van der Waals surface area contributed by atoms with Crippen molar-refractivity contribution in [2.45, 2.75) is 50.2 Å². The number of fused-ring (bicyclic) bond motifs is 3. The van der Waals surface area contributed by atoms with Crippen molar-refractivity contribution in [1.29, 1.82) is 0 Å². The van der Waals surface area contributed by atoms with E-state index in [1.807, 2.05) is 25.1 Å². The molecule has 0 saturated carbocycles. The number of aliphatic hydroxyl groups is 1. The maximum absolute atomic E-state index is 15.3. The lowest BCUT2D eigenvalue weighted by Crippen LogP contribution is -2.34. The van der Waals surface area contributed by atoms with Gasteiger partial charge in [-0.25, -0.2) is 9.37 Å². The summed E-state index contributed by atoms with van der Waals surface area (Å²) in [4.78, 5) is 12.1. The third-order valence-electron chi connectivity index (χ3n) is 7.25. The van der Waals surface area contributed by atoms with E-state index in [4.69, 9.17) is 30.2 Å². The Morgan fingerprint density at radius 3 is 2.86 bits per heavy atom. The molecule has 0 spiro atoms. The number of pyridine rings is 1. The quantitative estimate of drug-likeness (QED) is 0.352. The molecule has 0 bridgehead atoms. The summed E-state index contributed by atoms with van der Waals surface area (Å²) >= 11 is 6.54. The van der Waals surface area contributed by atoms with E-state index >= 15 is 4.39 Å². The summed E-state index contributed by atoms with van der Waals surface area (Å²) in [6, 6.07) is 8.90. The van der Waals surface area contributed by atoms with Crippen LogP contribution < -0.4 is 10.1 Å². The van der Waals surface area contributed by atoms with Crippen LogP contribution in [0.5, 0.6) is 6.01 Å². The topological polar surface area (TPSA) is 115 Å². The first-order valence-electron chi connectivity index (χ1n) is 12.2. The first-order chi connectivity index (χ1) is 17.9. The molecule has 3 N–H and O–H groups in total. The third kappa shape index (κ3) is 3.95. The summed E-state index contributed by atoms with van der Waals surface area (Å²) in [5, 5.41) is 13.6. The Hall–Kier alpha value is -3.18. The Labute approximate surface area is 215 Å². The van der Waals surface area contributed by atoms with Gasteiger partial charge in [0.2, 0.25) is 0 Å². The second-order valence-corrected chi connectivity index (χ2v) is 10.1. The number of aromatic amines is 1. The predicted molar refractivity (Wildman–Crippen MR) is 132 cm³/mol. The van der Waals surface area contributed by atoms with Crippen LogP contribution in [0.3, 0.4) is 0 Å². The minimum atomic E-state index is -0.658. The van der Waals surface area contributed by atoms with Crippen LogP contribution in [-0.2, 0) is 15.9 Å². The number of hydrogen-bond donors (Lipinski definition) is 3. The van der Waals surface area contributed by atoms with Crippen LogP contribution in [0.2, 0.25) is 5.02 Å². The highest BCUT2D eigenvalue weighted by Crippen LogP contribution is 2.40. The fourth-order valence-corrected chi connectivity index (χ4v) is 5.70. The fraction of sp³-hybridized carbons (Fsp3) is 0.385. The molecule has 0 radical (unpaired) electrons. The van der Waals surface area contributed by atoms with Crippen LogP contribution in [0.15, 0.2) is 34.7 Å². The van der Waals surface area contributed by atoms with Gasteiger partial charge in [0.1, 0.15) is 41.5 Å². The van der Waals surface area contributed by atoms with Crippen molar-refractivity contribution in [3.8, 4) is 17.3 Å². The zero-order valence-electron chi connectivity index (χ0n) is 19.8. The molecule has 5 heterocycles. The number of anilines is 1. The van der Waals surface area contributed by atoms with Crippen LogP contribution >= 0.6 is 11.6 Å². The molecule has 9 nitrogen and oxygen atoms in total. The number of hydrogen-bond acceptors (Lipinski definition) is 8. The smallest absolute Gasteiger partial charge is 0.296 e. The Morgan fingerprint density at radius 1 is 1.16 bits per heavy atom. The molecule has 1 aromatic carbocycles. The second-order valence-electron chi connectivity index (χ2n) is 9.73. The lowest BCUT2D eigenvalue weighted by Gasteiger charge is -2.16. The molecule has 1 aliphatic carbocycles. The number of aromatic nitrogens is 3. The summed E-state index contributed by atoms with van der Waals surface area (Å²) in [7, 11) is 0. The van der Waals surface area contributed by atoms with E-state index in [0.29, 0.717) is 46.4 Å². The molecule has 192 valence electrons. The van der Waals surface area contributed by atoms with E-state index in [2.05, 4.69) is 20.3 Å². The molecule has 2 aliphatic heterocycles. The summed E-state index contributed by atoms with van der Waals surface area (Å²) in [6.45, 7) is 2.37. The summed E-state index contributed by atoms with van der Waals surface area (Å²) < 4.78 is 38.1. The molecular weight excluding hydrogens is 503 g/mol. The molecule has 2 fully saturated rings. The van der Waals surface area contributed by atoms with Gasteiger partial charge in [0, 0.05) is 11.1 Å². The third-order valence-corrected chi connectivity index (χ3v) is 7.54. The molecule has 37 heavy (non-hydrogen) atoms. The molecule has 4 aromatic rings. The van der Waals surface area contributed by atoms with Crippen LogP contribution in [0.4, 0.5) is 10.2 Å². The highest BCUT2D eigenvalue weighted by atomic mass is 35.5. The van der Waals surface area contributed by atoms with Crippen LogP contribution in [0, 0.1) is 12.7 Å². The maximum atomic E-state index is 15.3. The zero-order chi connectivity index (χ0) is 25.3. The van der Waals surface area contributed by atoms with E-state index in [-0.39, 0.29) is 30.6 Å². The minimum Gasteiger partial charge on any atom is -0.461 e. The molecule has 11 heteroatoms. The Balaban J connectivity index is 1.12. The number of imidazole rings is 1. The summed E-state index contributed by atoms with van der Waals surface area (Å²) in [6.07, 6.45) is -0.384. The van der Waals surface area contributed by atoms with Crippen molar-refractivity contribution >= 4 is 28.6 Å². The van der Waals surface area contributed by atoms with Gasteiger partial charge in [-0.05, 0) is 55.7 Å². The summed E-state index contributed by atoms with van der Waals surface area (Å²) in [5.74, 6) is 1.56. The number of halogens is 2. The number of furan rings is 1. The SMILES string of the molecule is Cc1ccc(-c2cc(F)c3c(c2)CCC3Nc2nc3nc(O[C@@H]4CO[C@H]5[C@@H]4OC[C@H]5O)[nH]c3cc2Cl)o1. The number of benzene rings is 1. The largest absolute Gasteiger partial charge is 0.461 e. The summed E-state index contributed by atoms with van der Waals surface area (Å²) in [5.41, 5.74) is 3.29. The molecule has 7 rings (SSSR count). The van der Waals surface area contributed by atoms with Gasteiger partial charge in [-0.3, -0.25) is 0 Å². The highest BCUT2D eigenvalue weighted by Gasteiger charge is 2.48. The average Bonchev–Trinajstić information content (AvgIpc) is 3.67. The molecular formula is C26H24ClFN4O5. The first kappa shape index (κ1) is 23.0. The number of nitrogens with zero attached hydrogens (tertiary/aromatic N) is 2. The van der Waals surface area contributed by atoms with Crippen molar-refractivity contribution in [3.63, 3.8) is 0 Å². The molecule has 1 unspecified atom stereocenters. The van der Waals surface area contributed by atoms with Gasteiger partial charge in [-0.1, -0.05) is 11.6 Å². The van der Waals surface area contributed by atoms with Gasteiger partial charge in [-0.2, -0.15) is 4.98 Å². The van der Waals surface area contributed by atoms with Gasteiger partial charge in [0.25, 0.3) is 6.01 Å². The van der Waals surface area contributed by atoms with Gasteiger partial charge >= 0.3 is 0 Å². The van der Waals surface area contributed by atoms with E-state index in [1.165, 1.54) is 6.07 Å². The minimum absolute atomic E-state index is 0.218. The number of aryl methyl sites for hydroxylation is 2. The number of H-pyrrole nitrogens is 1. The molecule has 5 atom stereocenters. The second kappa shape index (κ2) is 8.70. The lowest BCUT2D eigenvalue weighted by molar-refractivity contribution is 0.00706. The molecule has 0 amide bonds. The van der Waals surface area contributed by atoms with Crippen LogP contribution in [-0.4, -0.2) is 57.7 Å². The van der Waals surface area contributed by atoms with Gasteiger partial charge in [0.15, 0.2) is 11.8 Å². The van der Waals surface area contributed by atoms with Crippen molar-refractivity contribution < 1.29 is 28.1 Å². The van der Waals surface area contributed by atoms with Crippen LogP contribution in [0.25, 0.3) is 22.5 Å². The van der Waals surface area contributed by atoms with E-state index < -0.39 is 18.3 Å². The molecule has 3 aromatic heterocycles. The number of nitrogens with one attached hydrogen (secondary N) is 2. The number of ether oxygens (including phenoxy) is 3. The number of aliphatic hydroxyl groups excluding tert-OH is 1. The van der Waals surface area contributed by atoms with E-state index in [1.54, 1.807) is 6.07 Å². The van der Waals surface area contributed by atoms with E-state index in [9.17, 15) is 5.11 Å². The monoisotopic (exact) mass is 526 g/mol. The Bertz CT molecular complexity index is 1510. The highest BCUT2D eigenvalue weighted by molar-refractivity contribution is 6.33. The number of rotatable bonds is 5. The fourth-order valence-electron chi connectivity index (χ4n) is 5.50. The Kier molecular flexibility index (Phi) is 5.40. The van der Waals surface area contributed by atoms with E-state index in [0.717, 1.165) is 23.3 Å². The van der Waals surface area contributed by atoms with Crippen molar-refractivity contribution in [3.05, 3.63) is 58.1 Å². The van der Waals surface area contributed by atoms with Gasteiger partial charge < -0.3 is 34.0 Å². The van der Waals surface area contributed by atoms with Crippen molar-refractivity contribution in [2.24, 2.45) is 0 Å². The van der Waals surface area contributed by atoms with Gasteiger partial charge in [0.05, 0.1) is 29.8 Å². The van der Waals surface area contributed by atoms with Crippen molar-refractivity contribution in [1.82, 2.24) is 15.0 Å². The van der Waals surface area contributed by atoms with Crippen LogP contribution in [0.1, 0.15) is 29.3 Å². The molecule has 3 aliphatic rings. The lowest BCUT2D eigenvalue weighted by atomic mass is 10.0. The van der Waals surface area contributed by atoms with Crippen molar-refractivity contribution in [2.75, 3.05) is 18.5 Å². The zero-order valence-corrected chi connectivity index (χ0v) is 20.6. The average molecular weight is 527 g/mol. The first-order valence-corrected chi connectivity index (χ1v) is 12.6. The predicted octanol–water partition coefficient (Wildman–Crippen LogP) is 4.32. The maximum Gasteiger partial charge on any atom is 0.296 e. The normalized spacial score (nSPS) is 26.5. The standard InChI is InChI=1S/C26H24ClFN4O5/c1-11-2-5-19(36-11)13-6-12-3-4-16(21(12)15(28)7-13)29-24-14(27)8-17-25(31-24)32-26(30-17)37-20-10-35-22-18(33)9-34-23(20)22/h2,5-8,16,18,20,22-23,33H,3-4,9-10H2,1H3,(H2,29,30,31,32)/t16?,18-,20-,22-,23-/m1/s1. The Morgan fingerprint density at radius 2 is 2.03 bits per heavy atom. The van der Waals surface area contributed by atoms with Gasteiger partial charge in [-0.15, -0.1) is 0 Å².